The SMILES string of the molecule is Cc1ccc(-c2cc3cc(-c4ccc(C)cc4)c4ccccc4c3c3ccccc23)cc1. The second-order valence-electron chi connectivity index (χ2n) is 8.77. The van der Waals surface area contributed by atoms with Crippen molar-refractivity contribution < 1.29 is 0 Å². The molecule has 0 amide bonds. The fourth-order valence-corrected chi connectivity index (χ4v) is 4.92. The molecule has 152 valence electrons. The quantitative estimate of drug-likeness (QED) is 0.251. The van der Waals surface area contributed by atoms with Crippen molar-refractivity contribution >= 4 is 32.3 Å². The third-order valence-electron chi connectivity index (χ3n) is 6.59. The van der Waals surface area contributed by atoms with E-state index in [4.69, 9.17) is 0 Å². The first-order valence-electron chi connectivity index (χ1n) is 11.2. The van der Waals surface area contributed by atoms with Gasteiger partial charge in [0.1, 0.15) is 0 Å². The maximum atomic E-state index is 2.38. The average molecular weight is 409 g/mol. The summed E-state index contributed by atoms with van der Waals surface area (Å²) in [6.07, 6.45) is 0. The van der Waals surface area contributed by atoms with E-state index in [9.17, 15) is 0 Å². The van der Waals surface area contributed by atoms with E-state index in [1.54, 1.807) is 0 Å². The van der Waals surface area contributed by atoms with Gasteiger partial charge in [-0.25, -0.2) is 0 Å². The summed E-state index contributed by atoms with van der Waals surface area (Å²) in [4.78, 5) is 0. The fraction of sp³-hybridized carbons (Fsp3) is 0.0625. The molecule has 0 heteroatoms. The van der Waals surface area contributed by atoms with Crippen LogP contribution in [0, 0.1) is 13.8 Å². The molecule has 0 unspecified atom stereocenters. The standard InChI is InChI=1S/C32H24/c1-21-11-15-23(16-12-21)30-19-25-20-31(24-17-13-22(2)14-18-24)27-8-4-6-10-29(27)32(25)28-9-5-3-7-26(28)30/h3-20H,1-2H3. The van der Waals surface area contributed by atoms with E-state index in [2.05, 4.69) is 123 Å². The summed E-state index contributed by atoms with van der Waals surface area (Å²) in [5, 5.41) is 7.85. The number of benzene rings is 6. The Kier molecular flexibility index (Phi) is 4.33. The Balaban J connectivity index is 1.77. The summed E-state index contributed by atoms with van der Waals surface area (Å²) in [6.45, 7) is 4.28. The molecule has 0 aliphatic carbocycles. The summed E-state index contributed by atoms with van der Waals surface area (Å²) in [7, 11) is 0. The lowest BCUT2D eigenvalue weighted by Gasteiger charge is -2.16. The molecule has 0 spiro atoms. The van der Waals surface area contributed by atoms with Crippen molar-refractivity contribution in [2.45, 2.75) is 13.8 Å². The van der Waals surface area contributed by atoms with E-state index >= 15 is 0 Å². The van der Waals surface area contributed by atoms with Crippen molar-refractivity contribution in [1.29, 1.82) is 0 Å². The molecule has 0 aromatic heterocycles. The Hall–Kier alpha value is -3.90. The highest BCUT2D eigenvalue weighted by Gasteiger charge is 2.14. The molecule has 0 saturated heterocycles. The number of hydrogen-bond donors (Lipinski definition) is 0. The summed E-state index contributed by atoms with van der Waals surface area (Å²) in [5.74, 6) is 0. The number of hydrogen-bond acceptors (Lipinski definition) is 0. The van der Waals surface area contributed by atoms with Crippen LogP contribution >= 0.6 is 0 Å². The van der Waals surface area contributed by atoms with Crippen LogP contribution in [0.2, 0.25) is 0 Å². The van der Waals surface area contributed by atoms with Crippen LogP contribution in [0.3, 0.4) is 0 Å². The molecule has 0 radical (unpaired) electrons. The predicted molar refractivity (Wildman–Crippen MR) is 139 cm³/mol. The Morgan fingerprint density at radius 3 is 1.19 bits per heavy atom. The summed E-state index contributed by atoms with van der Waals surface area (Å²) in [6, 6.07) is 40.2. The molecule has 0 saturated carbocycles. The average Bonchev–Trinajstić information content (AvgIpc) is 2.84. The fourth-order valence-electron chi connectivity index (χ4n) is 4.92. The number of aryl methyl sites for hydroxylation is 2. The highest BCUT2D eigenvalue weighted by Crippen LogP contribution is 2.41. The number of rotatable bonds is 2. The molecular formula is C32H24. The second-order valence-corrected chi connectivity index (χ2v) is 8.77. The van der Waals surface area contributed by atoms with Gasteiger partial charge in [0.25, 0.3) is 0 Å². The first kappa shape index (κ1) is 18.8. The molecule has 6 rings (SSSR count). The lowest BCUT2D eigenvalue weighted by molar-refractivity contribution is 1.47. The van der Waals surface area contributed by atoms with Crippen LogP contribution in [0.5, 0.6) is 0 Å². The molecule has 0 atom stereocenters. The molecule has 32 heavy (non-hydrogen) atoms. The van der Waals surface area contributed by atoms with Crippen molar-refractivity contribution in [1.82, 2.24) is 0 Å². The smallest absolute Gasteiger partial charge is 0.00259 e. The Morgan fingerprint density at radius 2 is 0.781 bits per heavy atom. The van der Waals surface area contributed by atoms with E-state index in [0.717, 1.165) is 0 Å². The topological polar surface area (TPSA) is 0 Å². The number of fused-ring (bicyclic) bond motifs is 5. The monoisotopic (exact) mass is 408 g/mol. The normalized spacial score (nSPS) is 11.4. The van der Waals surface area contributed by atoms with E-state index in [1.165, 1.54) is 65.7 Å². The highest BCUT2D eigenvalue weighted by molar-refractivity contribution is 6.25. The third-order valence-corrected chi connectivity index (χ3v) is 6.59. The van der Waals surface area contributed by atoms with Gasteiger partial charge in [0, 0.05) is 0 Å². The molecule has 0 aliphatic heterocycles. The maximum Gasteiger partial charge on any atom is -0.00259 e. The molecular weight excluding hydrogens is 384 g/mol. The predicted octanol–water partition coefficient (Wildman–Crippen LogP) is 9.10. The first-order chi connectivity index (χ1) is 15.7. The van der Waals surface area contributed by atoms with Crippen molar-refractivity contribution in [2.24, 2.45) is 0 Å². The lowest BCUT2D eigenvalue weighted by atomic mass is 9.87. The van der Waals surface area contributed by atoms with Crippen LogP contribution in [0.15, 0.2) is 109 Å². The van der Waals surface area contributed by atoms with Gasteiger partial charge < -0.3 is 0 Å². The van der Waals surface area contributed by atoms with Crippen molar-refractivity contribution in [3.63, 3.8) is 0 Å². The molecule has 0 N–H and O–H groups in total. The molecule has 6 aromatic carbocycles. The molecule has 0 aliphatic rings. The largest absolute Gasteiger partial charge is 0.0616 e. The van der Waals surface area contributed by atoms with Gasteiger partial charge in [0.15, 0.2) is 0 Å². The van der Waals surface area contributed by atoms with Crippen molar-refractivity contribution in [3.8, 4) is 22.3 Å². The Bertz CT molecular complexity index is 1480. The van der Waals surface area contributed by atoms with Crippen LogP contribution < -0.4 is 0 Å². The third kappa shape index (κ3) is 2.99. The van der Waals surface area contributed by atoms with Gasteiger partial charge in [0.05, 0.1) is 0 Å². The summed E-state index contributed by atoms with van der Waals surface area (Å²) in [5.41, 5.74) is 7.67. The van der Waals surface area contributed by atoms with Gasteiger partial charge in [-0.15, -0.1) is 0 Å². The Labute approximate surface area is 188 Å². The lowest BCUT2D eigenvalue weighted by Crippen LogP contribution is -1.89. The zero-order valence-electron chi connectivity index (χ0n) is 18.4. The molecule has 0 heterocycles. The minimum absolute atomic E-state index is 1.26. The van der Waals surface area contributed by atoms with E-state index in [-0.39, 0.29) is 0 Å². The Morgan fingerprint density at radius 1 is 0.406 bits per heavy atom. The molecule has 0 nitrogen and oxygen atoms in total. The van der Waals surface area contributed by atoms with Gasteiger partial charge in [0.2, 0.25) is 0 Å². The van der Waals surface area contributed by atoms with Crippen molar-refractivity contribution in [3.05, 3.63) is 120 Å². The van der Waals surface area contributed by atoms with Gasteiger partial charge >= 0.3 is 0 Å². The second kappa shape index (κ2) is 7.35. The molecule has 0 fully saturated rings. The van der Waals surface area contributed by atoms with Crippen LogP contribution in [0.25, 0.3) is 54.6 Å². The molecule has 0 bridgehead atoms. The van der Waals surface area contributed by atoms with Crippen LogP contribution in [-0.4, -0.2) is 0 Å². The molecule has 6 aromatic rings. The van der Waals surface area contributed by atoms with E-state index in [1.807, 2.05) is 0 Å². The van der Waals surface area contributed by atoms with E-state index in [0.29, 0.717) is 0 Å². The summed E-state index contributed by atoms with van der Waals surface area (Å²) < 4.78 is 0. The minimum Gasteiger partial charge on any atom is -0.0616 e. The van der Waals surface area contributed by atoms with Crippen LogP contribution in [0.4, 0.5) is 0 Å². The minimum atomic E-state index is 1.26. The summed E-state index contributed by atoms with van der Waals surface area (Å²) >= 11 is 0. The zero-order chi connectivity index (χ0) is 21.7. The maximum absolute atomic E-state index is 2.38. The van der Waals surface area contributed by atoms with Crippen LogP contribution in [0.1, 0.15) is 11.1 Å². The zero-order valence-corrected chi connectivity index (χ0v) is 18.4. The van der Waals surface area contributed by atoms with Crippen molar-refractivity contribution in [2.75, 3.05) is 0 Å². The highest BCUT2D eigenvalue weighted by atomic mass is 14.2. The van der Waals surface area contributed by atoms with Crippen LogP contribution in [-0.2, 0) is 0 Å². The van der Waals surface area contributed by atoms with Gasteiger partial charge in [-0.1, -0.05) is 108 Å². The van der Waals surface area contributed by atoms with Gasteiger partial charge in [-0.3, -0.25) is 0 Å². The van der Waals surface area contributed by atoms with Gasteiger partial charge in [-0.2, -0.15) is 0 Å². The van der Waals surface area contributed by atoms with Gasteiger partial charge in [-0.05, 0) is 80.6 Å². The first-order valence-corrected chi connectivity index (χ1v) is 11.2. The van der Waals surface area contributed by atoms with E-state index < -0.39 is 0 Å².